The van der Waals surface area contributed by atoms with Crippen molar-refractivity contribution in [3.63, 3.8) is 0 Å². The van der Waals surface area contributed by atoms with Crippen molar-refractivity contribution in [1.82, 2.24) is 5.32 Å². The van der Waals surface area contributed by atoms with Crippen molar-refractivity contribution in [2.24, 2.45) is 11.8 Å². The maximum Gasteiger partial charge on any atom is 0.125 e. The van der Waals surface area contributed by atoms with E-state index in [4.69, 9.17) is 11.6 Å². The standard InChI is InChI=1S/C14H19ClFN/c1-10-3-2-4-12(10)9-17-8-11-5-13(15)7-14(16)6-11/h5-7,10,12,17H,2-4,8-9H2,1H3. The summed E-state index contributed by atoms with van der Waals surface area (Å²) in [5.74, 6) is 1.33. The SMILES string of the molecule is CC1CCCC1CNCc1cc(F)cc(Cl)c1. The van der Waals surface area contributed by atoms with Crippen LogP contribution in [0.1, 0.15) is 31.7 Å². The van der Waals surface area contributed by atoms with Crippen LogP contribution in [-0.4, -0.2) is 6.54 Å². The minimum absolute atomic E-state index is 0.261. The van der Waals surface area contributed by atoms with Crippen molar-refractivity contribution < 1.29 is 4.39 Å². The van der Waals surface area contributed by atoms with Crippen LogP contribution in [0.3, 0.4) is 0 Å². The monoisotopic (exact) mass is 255 g/mol. The molecular formula is C14H19ClFN. The molecule has 17 heavy (non-hydrogen) atoms. The van der Waals surface area contributed by atoms with E-state index in [1.54, 1.807) is 0 Å². The lowest BCUT2D eigenvalue weighted by atomic mass is 9.98. The molecule has 0 aromatic heterocycles. The molecule has 1 fully saturated rings. The van der Waals surface area contributed by atoms with Gasteiger partial charge in [0.1, 0.15) is 5.82 Å². The summed E-state index contributed by atoms with van der Waals surface area (Å²) < 4.78 is 13.1. The van der Waals surface area contributed by atoms with Gasteiger partial charge in [0.2, 0.25) is 0 Å². The Kier molecular flexibility index (Phi) is 4.41. The highest BCUT2D eigenvalue weighted by molar-refractivity contribution is 6.30. The summed E-state index contributed by atoms with van der Waals surface area (Å²) in [6.45, 7) is 4.04. The summed E-state index contributed by atoms with van der Waals surface area (Å²) >= 11 is 5.81. The van der Waals surface area contributed by atoms with Crippen LogP contribution in [0.25, 0.3) is 0 Å². The van der Waals surface area contributed by atoms with E-state index in [1.165, 1.54) is 31.4 Å². The molecule has 2 rings (SSSR count). The van der Waals surface area contributed by atoms with E-state index < -0.39 is 0 Å². The van der Waals surface area contributed by atoms with Crippen LogP contribution in [0.4, 0.5) is 4.39 Å². The van der Waals surface area contributed by atoms with Gasteiger partial charge in [0.15, 0.2) is 0 Å². The van der Waals surface area contributed by atoms with Crippen LogP contribution in [0.2, 0.25) is 5.02 Å². The fourth-order valence-corrected chi connectivity index (χ4v) is 2.88. The summed E-state index contributed by atoms with van der Waals surface area (Å²) in [6, 6.07) is 4.69. The molecule has 1 aliphatic carbocycles. The molecule has 1 aromatic carbocycles. The molecule has 1 N–H and O–H groups in total. The van der Waals surface area contributed by atoms with Crippen molar-refractivity contribution in [2.75, 3.05) is 6.54 Å². The Morgan fingerprint density at radius 2 is 2.18 bits per heavy atom. The van der Waals surface area contributed by atoms with Gasteiger partial charge >= 0.3 is 0 Å². The van der Waals surface area contributed by atoms with E-state index >= 15 is 0 Å². The fraction of sp³-hybridized carbons (Fsp3) is 0.571. The van der Waals surface area contributed by atoms with Gasteiger partial charge in [0.05, 0.1) is 0 Å². The lowest BCUT2D eigenvalue weighted by Crippen LogP contribution is -2.23. The predicted molar refractivity (Wildman–Crippen MR) is 69.6 cm³/mol. The molecule has 0 radical (unpaired) electrons. The minimum Gasteiger partial charge on any atom is -0.312 e. The molecule has 0 saturated heterocycles. The van der Waals surface area contributed by atoms with Gasteiger partial charge in [-0.2, -0.15) is 0 Å². The molecule has 2 unspecified atom stereocenters. The summed E-state index contributed by atoms with van der Waals surface area (Å²) in [7, 11) is 0. The zero-order valence-corrected chi connectivity index (χ0v) is 10.9. The average molecular weight is 256 g/mol. The number of benzene rings is 1. The van der Waals surface area contributed by atoms with Crippen molar-refractivity contribution >= 4 is 11.6 Å². The fourth-order valence-electron chi connectivity index (χ4n) is 2.64. The van der Waals surface area contributed by atoms with E-state index in [-0.39, 0.29) is 5.82 Å². The normalized spacial score (nSPS) is 24.2. The molecule has 0 heterocycles. The zero-order valence-electron chi connectivity index (χ0n) is 10.2. The second-order valence-corrected chi connectivity index (χ2v) is 5.51. The summed E-state index contributed by atoms with van der Waals surface area (Å²) in [4.78, 5) is 0. The molecule has 1 aliphatic rings. The minimum atomic E-state index is -0.261. The first-order valence-corrected chi connectivity index (χ1v) is 6.68. The largest absolute Gasteiger partial charge is 0.312 e. The van der Waals surface area contributed by atoms with Gasteiger partial charge in [-0.15, -0.1) is 0 Å². The molecule has 0 aliphatic heterocycles. The Morgan fingerprint density at radius 3 is 2.82 bits per heavy atom. The number of hydrogen-bond acceptors (Lipinski definition) is 1. The second kappa shape index (κ2) is 5.83. The average Bonchev–Trinajstić information content (AvgIpc) is 2.63. The molecule has 1 saturated carbocycles. The van der Waals surface area contributed by atoms with Crippen LogP contribution >= 0.6 is 11.6 Å². The Bertz CT molecular complexity index is 360. The van der Waals surface area contributed by atoms with E-state index in [1.807, 2.05) is 6.07 Å². The lowest BCUT2D eigenvalue weighted by molar-refractivity contribution is 0.392. The number of hydrogen-bond donors (Lipinski definition) is 1. The maximum absolute atomic E-state index is 13.1. The molecule has 1 nitrogen and oxygen atoms in total. The van der Waals surface area contributed by atoms with E-state index in [2.05, 4.69) is 12.2 Å². The van der Waals surface area contributed by atoms with Gasteiger partial charge in [-0.3, -0.25) is 0 Å². The molecule has 1 aromatic rings. The van der Waals surface area contributed by atoms with Crippen LogP contribution in [0.15, 0.2) is 18.2 Å². The third kappa shape index (κ3) is 3.68. The first-order valence-electron chi connectivity index (χ1n) is 6.31. The molecule has 94 valence electrons. The van der Waals surface area contributed by atoms with Crippen LogP contribution in [0.5, 0.6) is 0 Å². The number of rotatable bonds is 4. The van der Waals surface area contributed by atoms with Gasteiger partial charge < -0.3 is 5.32 Å². The highest BCUT2D eigenvalue weighted by atomic mass is 35.5. The maximum atomic E-state index is 13.1. The van der Waals surface area contributed by atoms with E-state index in [9.17, 15) is 4.39 Å². The Morgan fingerprint density at radius 1 is 1.35 bits per heavy atom. The molecular weight excluding hydrogens is 237 g/mol. The highest BCUT2D eigenvalue weighted by Gasteiger charge is 2.22. The molecule has 0 amide bonds. The Labute approximate surface area is 107 Å². The Balaban J connectivity index is 1.81. The zero-order chi connectivity index (χ0) is 12.3. The van der Waals surface area contributed by atoms with Crippen LogP contribution in [-0.2, 0) is 6.54 Å². The third-order valence-corrected chi connectivity index (χ3v) is 3.92. The predicted octanol–water partition coefficient (Wildman–Crippen LogP) is 4.00. The summed E-state index contributed by atoms with van der Waals surface area (Å²) in [5, 5.41) is 3.87. The summed E-state index contributed by atoms with van der Waals surface area (Å²) in [6.07, 6.45) is 4.01. The van der Waals surface area contributed by atoms with Gasteiger partial charge in [0.25, 0.3) is 0 Å². The highest BCUT2D eigenvalue weighted by Crippen LogP contribution is 2.30. The smallest absolute Gasteiger partial charge is 0.125 e. The van der Waals surface area contributed by atoms with Crippen molar-refractivity contribution in [1.29, 1.82) is 0 Å². The first kappa shape index (κ1) is 12.8. The molecule has 2 atom stereocenters. The van der Waals surface area contributed by atoms with E-state index in [0.717, 1.165) is 23.9 Å². The van der Waals surface area contributed by atoms with Gasteiger partial charge in [-0.05, 0) is 48.6 Å². The van der Waals surface area contributed by atoms with Crippen LogP contribution < -0.4 is 5.32 Å². The van der Waals surface area contributed by atoms with Gasteiger partial charge in [-0.1, -0.05) is 31.4 Å². The van der Waals surface area contributed by atoms with Crippen molar-refractivity contribution in [3.05, 3.63) is 34.6 Å². The van der Waals surface area contributed by atoms with Crippen molar-refractivity contribution in [3.8, 4) is 0 Å². The molecule has 0 spiro atoms. The quantitative estimate of drug-likeness (QED) is 0.857. The Hall–Kier alpha value is -0.600. The van der Waals surface area contributed by atoms with Gasteiger partial charge in [0, 0.05) is 11.6 Å². The topological polar surface area (TPSA) is 12.0 Å². The number of nitrogens with one attached hydrogen (secondary N) is 1. The molecule has 3 heteroatoms. The summed E-state index contributed by atoms with van der Waals surface area (Å²) in [5.41, 5.74) is 0.917. The number of halogens is 2. The van der Waals surface area contributed by atoms with Gasteiger partial charge in [-0.25, -0.2) is 4.39 Å². The molecule has 0 bridgehead atoms. The second-order valence-electron chi connectivity index (χ2n) is 5.08. The lowest BCUT2D eigenvalue weighted by Gasteiger charge is -2.16. The third-order valence-electron chi connectivity index (χ3n) is 3.70. The van der Waals surface area contributed by atoms with E-state index in [0.29, 0.717) is 11.6 Å². The van der Waals surface area contributed by atoms with Crippen molar-refractivity contribution in [2.45, 2.75) is 32.7 Å². The van der Waals surface area contributed by atoms with Crippen LogP contribution in [0, 0.1) is 17.7 Å². The first-order chi connectivity index (χ1) is 8.15.